The summed E-state index contributed by atoms with van der Waals surface area (Å²) in [6.45, 7) is 1.83. The number of aliphatic carboxylic acids is 1. The Bertz CT molecular complexity index is 808. The standard InChI is InChI=1S/C16H17NO6/c1-9-12(18)5-4-11-10(8-15(22)23-16(9)11)7-13(19)17-6-2-3-14(20)21/h4-5,8,18H,2-3,6-7H2,1H3,(H,17,19)(H,20,21)/p-1. The second kappa shape index (κ2) is 6.95. The number of carboxylic acids is 1. The molecule has 0 aliphatic carbocycles. The van der Waals surface area contributed by atoms with Crippen LogP contribution >= 0.6 is 0 Å². The molecule has 0 unspecified atom stereocenters. The Kier molecular flexibility index (Phi) is 5.00. The number of aromatic hydroxyl groups is 1. The highest BCUT2D eigenvalue weighted by Gasteiger charge is 2.13. The topological polar surface area (TPSA) is 120 Å². The maximum Gasteiger partial charge on any atom is 0.336 e. The summed E-state index contributed by atoms with van der Waals surface area (Å²) in [6.07, 6.45) is 0.104. The molecule has 0 saturated carbocycles. The first-order valence-electron chi connectivity index (χ1n) is 7.10. The van der Waals surface area contributed by atoms with Crippen LogP contribution in [-0.4, -0.2) is 23.5 Å². The molecule has 7 nitrogen and oxygen atoms in total. The summed E-state index contributed by atoms with van der Waals surface area (Å²) in [5.41, 5.74) is 0.552. The summed E-state index contributed by atoms with van der Waals surface area (Å²) in [7, 11) is 0. The number of phenolic OH excluding ortho intramolecular Hbond substituents is 1. The molecule has 0 fully saturated rings. The molecule has 7 heteroatoms. The third kappa shape index (κ3) is 4.09. The lowest BCUT2D eigenvalue weighted by molar-refractivity contribution is -0.305. The number of carbonyl (C=O) groups excluding carboxylic acids is 2. The molecule has 23 heavy (non-hydrogen) atoms. The number of carbonyl (C=O) groups is 2. The van der Waals surface area contributed by atoms with E-state index in [1.165, 1.54) is 12.1 Å². The summed E-state index contributed by atoms with van der Waals surface area (Å²) in [6, 6.07) is 4.29. The van der Waals surface area contributed by atoms with E-state index in [0.717, 1.165) is 0 Å². The molecule has 1 heterocycles. The van der Waals surface area contributed by atoms with Gasteiger partial charge in [0.05, 0.1) is 6.42 Å². The molecule has 1 aromatic carbocycles. The van der Waals surface area contributed by atoms with Gasteiger partial charge in [-0.15, -0.1) is 0 Å². The number of aryl methyl sites for hydroxylation is 1. The van der Waals surface area contributed by atoms with Gasteiger partial charge in [0.25, 0.3) is 0 Å². The lowest BCUT2D eigenvalue weighted by atomic mass is 10.0. The van der Waals surface area contributed by atoms with Gasteiger partial charge in [0.15, 0.2) is 0 Å². The molecule has 122 valence electrons. The van der Waals surface area contributed by atoms with Gasteiger partial charge in [0.1, 0.15) is 11.3 Å². The van der Waals surface area contributed by atoms with Gasteiger partial charge in [-0.05, 0) is 37.5 Å². The first kappa shape index (κ1) is 16.5. The van der Waals surface area contributed by atoms with Gasteiger partial charge in [-0.3, -0.25) is 4.79 Å². The molecule has 1 aromatic heterocycles. The van der Waals surface area contributed by atoms with E-state index < -0.39 is 11.6 Å². The van der Waals surface area contributed by atoms with Crippen LogP contribution in [0.2, 0.25) is 0 Å². The monoisotopic (exact) mass is 318 g/mol. The van der Waals surface area contributed by atoms with E-state index in [2.05, 4.69) is 5.32 Å². The van der Waals surface area contributed by atoms with Crippen LogP contribution in [0.1, 0.15) is 24.0 Å². The first-order chi connectivity index (χ1) is 10.9. The van der Waals surface area contributed by atoms with Crippen LogP contribution in [-0.2, 0) is 16.0 Å². The van der Waals surface area contributed by atoms with Gasteiger partial charge >= 0.3 is 5.63 Å². The number of phenols is 1. The summed E-state index contributed by atoms with van der Waals surface area (Å²) in [5.74, 6) is -1.49. The molecule has 0 saturated heterocycles. The summed E-state index contributed by atoms with van der Waals surface area (Å²) >= 11 is 0. The normalized spacial score (nSPS) is 10.7. The van der Waals surface area contributed by atoms with Gasteiger partial charge in [0.2, 0.25) is 5.91 Å². The number of hydrogen-bond donors (Lipinski definition) is 2. The zero-order valence-electron chi connectivity index (χ0n) is 12.5. The van der Waals surface area contributed by atoms with Crippen molar-refractivity contribution in [1.82, 2.24) is 5.32 Å². The number of nitrogens with one attached hydrogen (secondary N) is 1. The molecular formula is C16H16NO6-. The van der Waals surface area contributed by atoms with E-state index in [1.54, 1.807) is 13.0 Å². The average molecular weight is 318 g/mol. The van der Waals surface area contributed by atoms with Crippen LogP contribution < -0.4 is 16.0 Å². The quantitative estimate of drug-likeness (QED) is 0.571. The third-order valence-electron chi connectivity index (χ3n) is 3.45. The van der Waals surface area contributed by atoms with Crippen molar-refractivity contribution in [3.05, 3.63) is 39.7 Å². The number of amides is 1. The Hall–Kier alpha value is -2.83. The molecular weight excluding hydrogens is 302 g/mol. The lowest BCUT2D eigenvalue weighted by Gasteiger charge is -2.09. The van der Waals surface area contributed by atoms with E-state index in [1.807, 2.05) is 0 Å². The number of rotatable bonds is 6. The molecule has 2 rings (SSSR count). The van der Waals surface area contributed by atoms with Crippen molar-refractivity contribution in [3.63, 3.8) is 0 Å². The molecule has 0 bridgehead atoms. The predicted octanol–water partition coefficient (Wildman–Crippen LogP) is -0.00418. The predicted molar refractivity (Wildman–Crippen MR) is 79.8 cm³/mol. The van der Waals surface area contributed by atoms with Gasteiger partial charge < -0.3 is 24.7 Å². The van der Waals surface area contributed by atoms with Gasteiger partial charge in [-0.1, -0.05) is 0 Å². The van der Waals surface area contributed by atoms with Crippen LogP contribution in [0.3, 0.4) is 0 Å². The Labute approximate surface area is 131 Å². The largest absolute Gasteiger partial charge is 0.550 e. The highest BCUT2D eigenvalue weighted by atomic mass is 16.4. The first-order valence-corrected chi connectivity index (χ1v) is 7.10. The molecule has 0 aliphatic heterocycles. The minimum atomic E-state index is -1.17. The summed E-state index contributed by atoms with van der Waals surface area (Å²) < 4.78 is 5.10. The molecule has 1 amide bonds. The number of hydrogen-bond acceptors (Lipinski definition) is 6. The number of benzene rings is 1. The van der Waals surface area contributed by atoms with Gasteiger partial charge in [-0.25, -0.2) is 4.79 Å². The average Bonchev–Trinajstić information content (AvgIpc) is 2.47. The van der Waals surface area contributed by atoms with E-state index in [-0.39, 0.29) is 43.0 Å². The van der Waals surface area contributed by atoms with E-state index in [4.69, 9.17) is 4.42 Å². The van der Waals surface area contributed by atoms with E-state index >= 15 is 0 Å². The zero-order valence-corrected chi connectivity index (χ0v) is 12.5. The van der Waals surface area contributed by atoms with Gasteiger partial charge in [0, 0.05) is 29.5 Å². The minimum absolute atomic E-state index is 0.00420. The number of fused-ring (bicyclic) bond motifs is 1. The smallest absolute Gasteiger partial charge is 0.336 e. The Morgan fingerprint density at radius 2 is 2.09 bits per heavy atom. The van der Waals surface area contributed by atoms with Crippen LogP contribution in [0, 0.1) is 6.92 Å². The van der Waals surface area contributed by atoms with Crippen molar-refractivity contribution in [2.75, 3.05) is 6.54 Å². The fourth-order valence-electron chi connectivity index (χ4n) is 2.26. The SMILES string of the molecule is Cc1c(O)ccc2c(CC(=O)NCCCC(=O)[O-])cc(=O)oc12. The molecule has 2 aromatic rings. The fourth-order valence-corrected chi connectivity index (χ4v) is 2.26. The van der Waals surface area contributed by atoms with Crippen molar-refractivity contribution in [2.45, 2.75) is 26.2 Å². The Morgan fingerprint density at radius 1 is 1.35 bits per heavy atom. The second-order valence-electron chi connectivity index (χ2n) is 5.18. The molecule has 2 N–H and O–H groups in total. The van der Waals surface area contributed by atoms with E-state index in [0.29, 0.717) is 16.5 Å². The van der Waals surface area contributed by atoms with E-state index in [9.17, 15) is 24.6 Å². The minimum Gasteiger partial charge on any atom is -0.550 e. The van der Waals surface area contributed by atoms with Crippen LogP contribution in [0.5, 0.6) is 5.75 Å². The molecule has 0 atom stereocenters. The Morgan fingerprint density at radius 3 is 2.78 bits per heavy atom. The van der Waals surface area contributed by atoms with Gasteiger partial charge in [-0.2, -0.15) is 0 Å². The highest BCUT2D eigenvalue weighted by molar-refractivity contribution is 5.89. The maximum atomic E-state index is 11.9. The van der Waals surface area contributed by atoms with Crippen molar-refractivity contribution in [3.8, 4) is 5.75 Å². The summed E-state index contributed by atoms with van der Waals surface area (Å²) in [4.78, 5) is 33.8. The van der Waals surface area contributed by atoms with Crippen LogP contribution in [0.25, 0.3) is 11.0 Å². The maximum absolute atomic E-state index is 11.9. The second-order valence-corrected chi connectivity index (χ2v) is 5.18. The molecule has 0 radical (unpaired) electrons. The van der Waals surface area contributed by atoms with Crippen molar-refractivity contribution < 1.29 is 24.2 Å². The van der Waals surface area contributed by atoms with Crippen molar-refractivity contribution in [1.29, 1.82) is 0 Å². The molecule has 0 aliphatic rings. The fraction of sp³-hybridized carbons (Fsp3) is 0.312. The summed E-state index contributed by atoms with van der Waals surface area (Å²) in [5, 5.41) is 23.1. The van der Waals surface area contributed by atoms with Crippen molar-refractivity contribution >= 4 is 22.8 Å². The highest BCUT2D eigenvalue weighted by Crippen LogP contribution is 2.27. The van der Waals surface area contributed by atoms with Crippen LogP contribution in [0.4, 0.5) is 0 Å². The third-order valence-corrected chi connectivity index (χ3v) is 3.45. The van der Waals surface area contributed by atoms with Crippen molar-refractivity contribution in [2.24, 2.45) is 0 Å². The Balaban J connectivity index is 2.17. The zero-order chi connectivity index (χ0) is 17.0. The van der Waals surface area contributed by atoms with Crippen LogP contribution in [0.15, 0.2) is 27.4 Å². The lowest BCUT2D eigenvalue weighted by Crippen LogP contribution is -2.28. The molecule has 0 spiro atoms. The number of carboxylic acid groups (broad SMARTS) is 1.